The summed E-state index contributed by atoms with van der Waals surface area (Å²) in [7, 11) is 0. The van der Waals surface area contributed by atoms with E-state index in [-0.39, 0.29) is 5.56 Å². The minimum Gasteiger partial charge on any atom is -0.323 e. The standard InChI is InChI=1S/C8H9NO/c1-3-7-4-5-8(10)9-6(7)2/h3-5H,2H2,1H3,(H,9,10)/b7-3-. The number of nitrogens with one attached hydrogen (secondary N) is 1. The second kappa shape index (κ2) is 2.52. The van der Waals surface area contributed by atoms with Crippen LogP contribution in [0.2, 0.25) is 0 Å². The zero-order valence-corrected chi connectivity index (χ0v) is 5.85. The summed E-state index contributed by atoms with van der Waals surface area (Å²) in [6.07, 6.45) is 1.90. The highest BCUT2D eigenvalue weighted by Crippen LogP contribution is 1.57. The number of aromatic amines is 1. The maximum atomic E-state index is 10.6. The molecule has 0 unspecified atom stereocenters. The molecule has 0 spiro atoms. The van der Waals surface area contributed by atoms with Crippen LogP contribution < -0.4 is 16.1 Å². The Balaban J connectivity index is 3.66. The first-order valence-corrected chi connectivity index (χ1v) is 3.08. The van der Waals surface area contributed by atoms with Crippen LogP contribution in [-0.4, -0.2) is 4.98 Å². The smallest absolute Gasteiger partial charge is 0.248 e. The molecule has 2 heteroatoms. The molecule has 2 nitrogen and oxygen atoms in total. The molecule has 0 bridgehead atoms. The van der Waals surface area contributed by atoms with E-state index in [1.165, 1.54) is 6.07 Å². The second-order valence-corrected chi connectivity index (χ2v) is 2.05. The molecule has 0 saturated carbocycles. The van der Waals surface area contributed by atoms with Gasteiger partial charge in [-0.05, 0) is 18.2 Å². The lowest BCUT2D eigenvalue weighted by atomic mass is 10.3. The van der Waals surface area contributed by atoms with Crippen molar-refractivity contribution in [3.05, 3.63) is 33.1 Å². The average molecular weight is 135 g/mol. The lowest BCUT2D eigenvalue weighted by Crippen LogP contribution is -2.31. The monoisotopic (exact) mass is 135 g/mol. The Morgan fingerprint density at radius 1 is 1.60 bits per heavy atom. The van der Waals surface area contributed by atoms with Gasteiger partial charge < -0.3 is 4.98 Å². The van der Waals surface area contributed by atoms with E-state index in [9.17, 15) is 4.79 Å². The predicted octanol–water partition coefficient (Wildman–Crippen LogP) is -0.414. The van der Waals surface area contributed by atoms with E-state index in [0.29, 0.717) is 5.35 Å². The first kappa shape index (κ1) is 6.81. The molecule has 0 aromatic carbocycles. The van der Waals surface area contributed by atoms with Crippen molar-refractivity contribution >= 4 is 12.7 Å². The van der Waals surface area contributed by atoms with Gasteiger partial charge >= 0.3 is 0 Å². The molecule has 0 aliphatic carbocycles. The normalized spacial score (nSPS) is 11.9. The lowest BCUT2D eigenvalue weighted by Gasteiger charge is -1.84. The highest BCUT2D eigenvalue weighted by atomic mass is 16.1. The molecule has 1 N–H and O–H groups in total. The molecule has 0 radical (unpaired) electrons. The van der Waals surface area contributed by atoms with Crippen molar-refractivity contribution in [1.29, 1.82) is 0 Å². The van der Waals surface area contributed by atoms with Crippen LogP contribution in [0.3, 0.4) is 0 Å². The summed E-state index contributed by atoms with van der Waals surface area (Å²) in [6, 6.07) is 3.24. The lowest BCUT2D eigenvalue weighted by molar-refractivity contribution is 1.16. The average Bonchev–Trinajstić information content (AvgIpc) is 1.88. The number of hydrogen-bond donors (Lipinski definition) is 1. The molecule has 1 rings (SSSR count). The van der Waals surface area contributed by atoms with E-state index in [1.807, 2.05) is 13.0 Å². The fraction of sp³-hybridized carbons (Fsp3) is 0.125. The van der Waals surface area contributed by atoms with Crippen LogP contribution in [0.15, 0.2) is 16.9 Å². The van der Waals surface area contributed by atoms with Gasteiger partial charge in [-0.3, -0.25) is 4.79 Å². The molecule has 52 valence electrons. The minimum absolute atomic E-state index is 0.101. The van der Waals surface area contributed by atoms with Gasteiger partial charge in [-0.25, -0.2) is 0 Å². The summed E-state index contributed by atoms with van der Waals surface area (Å²) in [4.78, 5) is 13.2. The fourth-order valence-electron chi connectivity index (χ4n) is 0.799. The topological polar surface area (TPSA) is 32.9 Å². The maximum Gasteiger partial charge on any atom is 0.248 e. The SMILES string of the molecule is C=c1[nH]c(=O)cc/c1=C/C. The van der Waals surface area contributed by atoms with Gasteiger partial charge in [-0.1, -0.05) is 12.7 Å². The van der Waals surface area contributed by atoms with Crippen LogP contribution in [0.25, 0.3) is 12.7 Å². The minimum atomic E-state index is -0.101. The molecule has 0 aliphatic rings. The number of H-pyrrole nitrogens is 1. The Morgan fingerprint density at radius 3 is 2.80 bits per heavy atom. The summed E-state index contributed by atoms with van der Waals surface area (Å²) in [5, 5.41) is 1.65. The van der Waals surface area contributed by atoms with Gasteiger partial charge in [0.15, 0.2) is 0 Å². The summed E-state index contributed by atoms with van der Waals surface area (Å²) in [6.45, 7) is 5.57. The van der Waals surface area contributed by atoms with E-state index < -0.39 is 0 Å². The molecule has 0 amide bonds. The third kappa shape index (κ3) is 1.16. The van der Waals surface area contributed by atoms with Crippen molar-refractivity contribution in [3.63, 3.8) is 0 Å². The highest BCUT2D eigenvalue weighted by molar-refractivity contribution is 5.20. The first-order valence-electron chi connectivity index (χ1n) is 3.08. The van der Waals surface area contributed by atoms with Crippen molar-refractivity contribution in [3.8, 4) is 0 Å². The van der Waals surface area contributed by atoms with Crippen LogP contribution in [0.1, 0.15) is 6.92 Å². The van der Waals surface area contributed by atoms with Crippen LogP contribution in [0.4, 0.5) is 0 Å². The summed E-state index contributed by atoms with van der Waals surface area (Å²) in [5.41, 5.74) is -0.101. The Hall–Kier alpha value is -1.31. The Labute approximate surface area is 58.5 Å². The summed E-state index contributed by atoms with van der Waals surface area (Å²) in [5.74, 6) is 0. The Morgan fingerprint density at radius 2 is 2.30 bits per heavy atom. The van der Waals surface area contributed by atoms with Crippen molar-refractivity contribution in [2.75, 3.05) is 0 Å². The molecule has 1 aromatic rings. The van der Waals surface area contributed by atoms with E-state index in [1.54, 1.807) is 6.07 Å². The first-order chi connectivity index (χ1) is 4.74. The molecular formula is C8H9NO. The van der Waals surface area contributed by atoms with Crippen LogP contribution in [-0.2, 0) is 0 Å². The molecular weight excluding hydrogens is 126 g/mol. The molecule has 10 heavy (non-hydrogen) atoms. The van der Waals surface area contributed by atoms with Crippen LogP contribution >= 0.6 is 0 Å². The highest BCUT2D eigenvalue weighted by Gasteiger charge is 1.80. The van der Waals surface area contributed by atoms with E-state index in [0.717, 1.165) is 5.22 Å². The van der Waals surface area contributed by atoms with Gasteiger partial charge in [0.25, 0.3) is 0 Å². The molecule has 1 aromatic heterocycles. The molecule has 0 aliphatic heterocycles. The van der Waals surface area contributed by atoms with Gasteiger partial charge in [0, 0.05) is 11.4 Å². The van der Waals surface area contributed by atoms with E-state index in [4.69, 9.17) is 0 Å². The van der Waals surface area contributed by atoms with E-state index in [2.05, 4.69) is 11.6 Å². The maximum absolute atomic E-state index is 10.6. The second-order valence-electron chi connectivity index (χ2n) is 2.05. The number of aromatic nitrogens is 1. The number of pyridine rings is 1. The van der Waals surface area contributed by atoms with Crippen molar-refractivity contribution in [2.24, 2.45) is 0 Å². The van der Waals surface area contributed by atoms with Crippen molar-refractivity contribution in [2.45, 2.75) is 6.92 Å². The Bertz CT molecular complexity index is 375. The molecule has 0 atom stereocenters. The van der Waals surface area contributed by atoms with Gasteiger partial charge in [-0.2, -0.15) is 0 Å². The Kier molecular flexibility index (Phi) is 1.71. The largest absolute Gasteiger partial charge is 0.323 e. The fourth-order valence-corrected chi connectivity index (χ4v) is 0.799. The molecule has 0 fully saturated rings. The number of hydrogen-bond acceptors (Lipinski definition) is 1. The van der Waals surface area contributed by atoms with E-state index >= 15 is 0 Å². The van der Waals surface area contributed by atoms with Gasteiger partial charge in [0.05, 0.1) is 0 Å². The number of rotatable bonds is 0. The van der Waals surface area contributed by atoms with Gasteiger partial charge in [0.2, 0.25) is 5.56 Å². The van der Waals surface area contributed by atoms with Crippen LogP contribution in [0, 0.1) is 0 Å². The molecule has 0 saturated heterocycles. The third-order valence-corrected chi connectivity index (χ3v) is 1.35. The van der Waals surface area contributed by atoms with Crippen LogP contribution in [0.5, 0.6) is 0 Å². The van der Waals surface area contributed by atoms with Gasteiger partial charge in [-0.15, -0.1) is 0 Å². The summed E-state index contributed by atoms with van der Waals surface area (Å²) >= 11 is 0. The third-order valence-electron chi connectivity index (χ3n) is 1.35. The molecule has 1 heterocycles. The summed E-state index contributed by atoms with van der Waals surface area (Å²) < 4.78 is 0. The van der Waals surface area contributed by atoms with Crippen molar-refractivity contribution in [1.82, 2.24) is 4.98 Å². The predicted molar refractivity (Wildman–Crippen MR) is 42.0 cm³/mol. The quantitative estimate of drug-likeness (QED) is 0.515. The zero-order valence-electron chi connectivity index (χ0n) is 5.85. The van der Waals surface area contributed by atoms with Crippen molar-refractivity contribution < 1.29 is 0 Å². The van der Waals surface area contributed by atoms with Gasteiger partial charge in [0.1, 0.15) is 0 Å². The zero-order chi connectivity index (χ0) is 7.56.